The van der Waals surface area contributed by atoms with Crippen molar-refractivity contribution < 1.29 is 4.79 Å². The molecule has 2 heterocycles. The molecule has 1 amide bonds. The molecule has 6 heteroatoms. The van der Waals surface area contributed by atoms with Gasteiger partial charge in [0.2, 0.25) is 5.91 Å². The summed E-state index contributed by atoms with van der Waals surface area (Å²) in [4.78, 5) is 18.9. The van der Waals surface area contributed by atoms with Crippen LogP contribution in [0.1, 0.15) is 6.92 Å². The van der Waals surface area contributed by atoms with Gasteiger partial charge >= 0.3 is 0 Å². The molecule has 6 nitrogen and oxygen atoms in total. The van der Waals surface area contributed by atoms with Gasteiger partial charge in [-0.05, 0) is 0 Å². The van der Waals surface area contributed by atoms with Gasteiger partial charge in [-0.3, -0.25) is 19.9 Å². The van der Waals surface area contributed by atoms with Crippen molar-refractivity contribution in [3.8, 4) is 11.4 Å². The number of hydrogen-bond donors (Lipinski definition) is 2. The summed E-state index contributed by atoms with van der Waals surface area (Å²) in [5.41, 5.74) is 1.89. The molecule has 0 aliphatic heterocycles. The number of carbonyl (C=O) groups excluding carboxylic acids is 1. The lowest BCUT2D eigenvalue weighted by Crippen LogP contribution is -2.06. The lowest BCUT2D eigenvalue weighted by Gasteiger charge is -2.01. The number of hydrogen-bond acceptors (Lipinski definition) is 4. The number of anilines is 1. The molecule has 2 aromatic heterocycles. The van der Waals surface area contributed by atoms with E-state index in [1.165, 1.54) is 13.1 Å². The van der Waals surface area contributed by atoms with E-state index in [-0.39, 0.29) is 5.91 Å². The first-order valence-electron chi connectivity index (χ1n) is 4.34. The third-order valence-electron chi connectivity index (χ3n) is 1.77. The number of aromatic amines is 1. The lowest BCUT2D eigenvalue weighted by molar-refractivity contribution is -0.114. The maximum absolute atomic E-state index is 10.9. The number of carbonyl (C=O) groups is 1. The quantitative estimate of drug-likeness (QED) is 0.757. The van der Waals surface area contributed by atoms with Crippen molar-refractivity contribution in [2.45, 2.75) is 6.92 Å². The molecule has 0 bridgehead atoms. The van der Waals surface area contributed by atoms with Crippen LogP contribution in [0.2, 0.25) is 0 Å². The predicted octanol–water partition coefficient (Wildman–Crippen LogP) is 0.825. The molecule has 0 atom stereocenters. The second-order valence-corrected chi connectivity index (χ2v) is 2.93. The summed E-state index contributed by atoms with van der Waals surface area (Å²) < 4.78 is 0. The maximum Gasteiger partial charge on any atom is 0.221 e. The summed E-state index contributed by atoms with van der Waals surface area (Å²) in [7, 11) is 0. The highest BCUT2D eigenvalue weighted by Crippen LogP contribution is 2.21. The lowest BCUT2D eigenvalue weighted by atomic mass is 10.3. The van der Waals surface area contributed by atoms with Gasteiger partial charge in [-0.15, -0.1) is 0 Å². The Balaban J connectivity index is 2.37. The Morgan fingerprint density at radius 1 is 1.40 bits per heavy atom. The highest BCUT2D eigenvalue weighted by atomic mass is 16.1. The molecule has 0 aliphatic rings. The molecule has 15 heavy (non-hydrogen) atoms. The number of rotatable bonds is 2. The Kier molecular flexibility index (Phi) is 2.40. The zero-order valence-corrected chi connectivity index (χ0v) is 8.06. The summed E-state index contributed by atoms with van der Waals surface area (Å²) in [6, 6.07) is 0. The molecule has 0 saturated heterocycles. The molecule has 0 aromatic carbocycles. The first-order chi connectivity index (χ1) is 7.27. The average molecular weight is 203 g/mol. The van der Waals surface area contributed by atoms with Crippen molar-refractivity contribution >= 4 is 11.6 Å². The molecule has 0 spiro atoms. The molecule has 0 saturated carbocycles. The van der Waals surface area contributed by atoms with E-state index in [4.69, 9.17) is 0 Å². The van der Waals surface area contributed by atoms with Gasteiger partial charge in [-0.2, -0.15) is 5.10 Å². The molecule has 0 fully saturated rings. The van der Waals surface area contributed by atoms with Crippen molar-refractivity contribution in [2.24, 2.45) is 0 Å². The van der Waals surface area contributed by atoms with Crippen LogP contribution in [0.4, 0.5) is 5.69 Å². The SMILES string of the molecule is CC(=O)Nc1cn[nH]c1-c1cnccn1. The van der Waals surface area contributed by atoms with Crippen molar-refractivity contribution in [3.05, 3.63) is 24.8 Å². The molecule has 2 N–H and O–H groups in total. The second kappa shape index (κ2) is 3.87. The summed E-state index contributed by atoms with van der Waals surface area (Å²) in [5.74, 6) is -0.151. The van der Waals surface area contributed by atoms with E-state index in [9.17, 15) is 4.79 Å². The normalized spacial score (nSPS) is 9.93. The Labute approximate surface area is 85.8 Å². The monoisotopic (exact) mass is 203 g/mol. The number of nitrogens with one attached hydrogen (secondary N) is 2. The van der Waals surface area contributed by atoms with Crippen molar-refractivity contribution in [3.63, 3.8) is 0 Å². The zero-order chi connectivity index (χ0) is 10.7. The summed E-state index contributed by atoms with van der Waals surface area (Å²) >= 11 is 0. The topological polar surface area (TPSA) is 83.6 Å². The standard InChI is InChI=1S/C9H9N5O/c1-6(15)13-8-5-12-14-9(8)7-4-10-2-3-11-7/h2-5H,1H3,(H,12,14)(H,13,15). The zero-order valence-electron chi connectivity index (χ0n) is 8.06. The summed E-state index contributed by atoms with van der Waals surface area (Å²) in [6.45, 7) is 1.44. The number of H-pyrrole nitrogens is 1. The highest BCUT2D eigenvalue weighted by Gasteiger charge is 2.09. The van der Waals surface area contributed by atoms with Crippen LogP contribution in [0.3, 0.4) is 0 Å². The maximum atomic E-state index is 10.9. The molecule has 0 radical (unpaired) electrons. The van der Waals surface area contributed by atoms with Crippen LogP contribution in [0.25, 0.3) is 11.4 Å². The van der Waals surface area contributed by atoms with Crippen LogP contribution in [0, 0.1) is 0 Å². The Morgan fingerprint density at radius 3 is 2.93 bits per heavy atom. The molecular formula is C9H9N5O. The van der Waals surface area contributed by atoms with Gasteiger partial charge in [-0.1, -0.05) is 0 Å². The fourth-order valence-electron chi connectivity index (χ4n) is 1.19. The first-order valence-corrected chi connectivity index (χ1v) is 4.34. The van der Waals surface area contributed by atoms with Gasteiger partial charge in [-0.25, -0.2) is 0 Å². The van der Waals surface area contributed by atoms with Gasteiger partial charge in [0.15, 0.2) is 0 Å². The van der Waals surface area contributed by atoms with Crippen LogP contribution < -0.4 is 5.32 Å². The van der Waals surface area contributed by atoms with Crippen LogP contribution in [0.15, 0.2) is 24.8 Å². The molecular weight excluding hydrogens is 194 g/mol. The van der Waals surface area contributed by atoms with E-state index in [0.29, 0.717) is 17.1 Å². The van der Waals surface area contributed by atoms with Crippen molar-refractivity contribution in [1.29, 1.82) is 0 Å². The van der Waals surface area contributed by atoms with Crippen LogP contribution in [0.5, 0.6) is 0 Å². The minimum Gasteiger partial charge on any atom is -0.323 e. The van der Waals surface area contributed by atoms with Crippen LogP contribution in [-0.4, -0.2) is 26.1 Å². The number of nitrogens with zero attached hydrogens (tertiary/aromatic N) is 3. The van der Waals surface area contributed by atoms with E-state index < -0.39 is 0 Å². The largest absolute Gasteiger partial charge is 0.323 e. The predicted molar refractivity (Wildman–Crippen MR) is 53.9 cm³/mol. The minimum absolute atomic E-state index is 0.151. The Hall–Kier alpha value is -2.24. The van der Waals surface area contributed by atoms with Gasteiger partial charge in [0.05, 0.1) is 18.1 Å². The van der Waals surface area contributed by atoms with Gasteiger partial charge in [0.25, 0.3) is 0 Å². The third-order valence-corrected chi connectivity index (χ3v) is 1.77. The summed E-state index contributed by atoms with van der Waals surface area (Å²) in [6.07, 6.45) is 6.29. The molecule has 0 aliphatic carbocycles. The van der Waals surface area contributed by atoms with E-state index in [1.807, 2.05) is 0 Å². The van der Waals surface area contributed by atoms with E-state index in [1.54, 1.807) is 18.6 Å². The molecule has 76 valence electrons. The van der Waals surface area contributed by atoms with Crippen LogP contribution in [-0.2, 0) is 4.79 Å². The third kappa shape index (κ3) is 1.98. The average Bonchev–Trinajstić information content (AvgIpc) is 2.66. The number of amides is 1. The van der Waals surface area contributed by atoms with Crippen molar-refractivity contribution in [1.82, 2.24) is 20.2 Å². The first kappa shape index (κ1) is 9.32. The van der Waals surface area contributed by atoms with Gasteiger partial charge in [0.1, 0.15) is 11.4 Å². The number of aromatic nitrogens is 4. The minimum atomic E-state index is -0.151. The smallest absolute Gasteiger partial charge is 0.221 e. The molecule has 0 unspecified atom stereocenters. The van der Waals surface area contributed by atoms with Gasteiger partial charge in [0, 0.05) is 19.3 Å². The van der Waals surface area contributed by atoms with E-state index in [2.05, 4.69) is 25.5 Å². The fraction of sp³-hybridized carbons (Fsp3) is 0.111. The summed E-state index contributed by atoms with van der Waals surface area (Å²) in [5, 5.41) is 9.26. The van der Waals surface area contributed by atoms with Crippen molar-refractivity contribution in [2.75, 3.05) is 5.32 Å². The second-order valence-electron chi connectivity index (χ2n) is 2.93. The van der Waals surface area contributed by atoms with Gasteiger partial charge < -0.3 is 5.32 Å². The highest BCUT2D eigenvalue weighted by molar-refractivity contribution is 5.92. The Bertz CT molecular complexity index is 464. The van der Waals surface area contributed by atoms with E-state index >= 15 is 0 Å². The Morgan fingerprint density at radius 2 is 2.27 bits per heavy atom. The molecule has 2 aromatic rings. The van der Waals surface area contributed by atoms with E-state index in [0.717, 1.165) is 0 Å². The van der Waals surface area contributed by atoms with Crippen LogP contribution >= 0.6 is 0 Å². The molecule has 2 rings (SSSR count). The fourth-order valence-corrected chi connectivity index (χ4v) is 1.19.